The number of carbonyl (C=O) groups is 2. The van der Waals surface area contributed by atoms with E-state index in [1.54, 1.807) is 30.3 Å². The summed E-state index contributed by atoms with van der Waals surface area (Å²) in [4.78, 5) is 29.1. The largest absolute Gasteiger partial charge is 0.507 e. The van der Waals surface area contributed by atoms with Gasteiger partial charge in [-0.25, -0.2) is 0 Å². The van der Waals surface area contributed by atoms with E-state index in [9.17, 15) is 14.7 Å². The molecular formula is C22H22Cl2N2O3. The van der Waals surface area contributed by atoms with Crippen LogP contribution in [-0.2, 0) is 9.59 Å². The van der Waals surface area contributed by atoms with Gasteiger partial charge in [0.15, 0.2) is 0 Å². The second-order valence-electron chi connectivity index (χ2n) is 7.34. The predicted octanol–water partition coefficient (Wildman–Crippen LogP) is 4.29. The molecule has 1 fully saturated rings. The van der Waals surface area contributed by atoms with Crippen LogP contribution in [0.15, 0.2) is 48.0 Å². The van der Waals surface area contributed by atoms with Crippen molar-refractivity contribution in [3.05, 3.63) is 74.8 Å². The van der Waals surface area contributed by atoms with Gasteiger partial charge in [-0.1, -0.05) is 59.1 Å². The van der Waals surface area contributed by atoms with Gasteiger partial charge in [-0.15, -0.1) is 0 Å². The Bertz CT molecular complexity index is 984. The number of carbonyl (C=O) groups excluding carboxylic acids is 2. The van der Waals surface area contributed by atoms with Crippen LogP contribution in [0.3, 0.4) is 0 Å². The second-order valence-corrected chi connectivity index (χ2v) is 8.15. The van der Waals surface area contributed by atoms with Crippen LogP contribution in [0.1, 0.15) is 22.7 Å². The van der Waals surface area contributed by atoms with Gasteiger partial charge >= 0.3 is 0 Å². The molecule has 0 radical (unpaired) electrons. The van der Waals surface area contributed by atoms with Gasteiger partial charge in [0.2, 0.25) is 0 Å². The van der Waals surface area contributed by atoms with Gasteiger partial charge in [0, 0.05) is 18.7 Å². The Labute approximate surface area is 180 Å². The third-order valence-corrected chi connectivity index (χ3v) is 5.65. The minimum Gasteiger partial charge on any atom is -0.507 e. The fourth-order valence-electron chi connectivity index (χ4n) is 3.31. The normalized spacial score (nSPS) is 18.7. The first-order chi connectivity index (χ1) is 13.7. The highest BCUT2D eigenvalue weighted by Crippen LogP contribution is 2.40. The van der Waals surface area contributed by atoms with E-state index < -0.39 is 17.7 Å². The van der Waals surface area contributed by atoms with Crippen LogP contribution >= 0.6 is 23.2 Å². The summed E-state index contributed by atoms with van der Waals surface area (Å²) in [7, 11) is 3.77. The van der Waals surface area contributed by atoms with Crippen molar-refractivity contribution in [2.24, 2.45) is 0 Å². The first-order valence-corrected chi connectivity index (χ1v) is 9.91. The number of aryl methyl sites for hydroxylation is 1. The Balaban J connectivity index is 2.16. The van der Waals surface area contributed by atoms with Crippen LogP contribution in [0, 0.1) is 6.92 Å². The van der Waals surface area contributed by atoms with Crippen molar-refractivity contribution in [2.75, 3.05) is 27.2 Å². The number of halogens is 2. The average molecular weight is 433 g/mol. The molecule has 1 atom stereocenters. The summed E-state index contributed by atoms with van der Waals surface area (Å²) in [5.41, 5.74) is 2.17. The van der Waals surface area contributed by atoms with Crippen molar-refractivity contribution < 1.29 is 14.7 Å². The maximum Gasteiger partial charge on any atom is 0.295 e. The molecule has 2 aromatic carbocycles. The highest BCUT2D eigenvalue weighted by Gasteiger charge is 2.46. The van der Waals surface area contributed by atoms with Crippen molar-refractivity contribution in [1.29, 1.82) is 0 Å². The zero-order chi connectivity index (χ0) is 21.3. The van der Waals surface area contributed by atoms with Gasteiger partial charge in [0.1, 0.15) is 5.76 Å². The van der Waals surface area contributed by atoms with Crippen molar-refractivity contribution in [1.82, 2.24) is 9.80 Å². The van der Waals surface area contributed by atoms with Crippen LogP contribution in [0.5, 0.6) is 0 Å². The second kappa shape index (κ2) is 8.57. The number of Topliss-reactive ketones (excluding diaryl/α,β-unsaturated/α-hetero) is 1. The lowest BCUT2D eigenvalue weighted by Crippen LogP contribution is -2.35. The van der Waals surface area contributed by atoms with E-state index in [0.29, 0.717) is 34.3 Å². The number of amides is 1. The molecule has 2 aromatic rings. The Kier molecular flexibility index (Phi) is 6.32. The summed E-state index contributed by atoms with van der Waals surface area (Å²) in [6, 6.07) is 11.4. The molecule has 0 unspecified atom stereocenters. The van der Waals surface area contributed by atoms with Crippen LogP contribution in [0.2, 0.25) is 10.0 Å². The van der Waals surface area contributed by atoms with Gasteiger partial charge in [0.05, 0.1) is 21.7 Å². The average Bonchev–Trinajstić information content (AvgIpc) is 2.93. The monoisotopic (exact) mass is 432 g/mol. The molecular weight excluding hydrogens is 411 g/mol. The number of aliphatic hydroxyl groups excluding tert-OH is 1. The number of likely N-dealkylation sites (N-methyl/N-ethyl adjacent to an activating group) is 1. The zero-order valence-electron chi connectivity index (χ0n) is 16.4. The first-order valence-electron chi connectivity index (χ1n) is 9.16. The molecule has 5 nitrogen and oxygen atoms in total. The summed E-state index contributed by atoms with van der Waals surface area (Å²) in [6.45, 7) is 2.82. The molecule has 0 saturated carbocycles. The Hall–Kier alpha value is -2.34. The molecule has 7 heteroatoms. The molecule has 0 aliphatic carbocycles. The lowest BCUT2D eigenvalue weighted by molar-refractivity contribution is -0.140. The molecule has 1 N–H and O–H groups in total. The number of hydrogen-bond acceptors (Lipinski definition) is 4. The molecule has 1 saturated heterocycles. The lowest BCUT2D eigenvalue weighted by atomic mass is 9.95. The standard InChI is InChI=1S/C22H22Cl2N2O3/c1-13-4-6-14(7-5-13)20(27)18-19(15-8-9-16(23)17(24)12-15)26(11-10-25(2)3)22(29)21(18)28/h4-9,12,19,27H,10-11H2,1-3H3/t19-/m0/s1. The summed E-state index contributed by atoms with van der Waals surface area (Å²) in [5, 5.41) is 11.7. The van der Waals surface area contributed by atoms with Crippen molar-refractivity contribution in [3.63, 3.8) is 0 Å². The Morgan fingerprint density at radius 3 is 2.31 bits per heavy atom. The maximum atomic E-state index is 12.9. The highest BCUT2D eigenvalue weighted by molar-refractivity contribution is 6.46. The number of nitrogens with zero attached hydrogens (tertiary/aromatic N) is 2. The van der Waals surface area contributed by atoms with E-state index in [2.05, 4.69) is 0 Å². The molecule has 1 aliphatic rings. The summed E-state index contributed by atoms with van der Waals surface area (Å²) >= 11 is 12.2. The molecule has 29 heavy (non-hydrogen) atoms. The fraction of sp³-hybridized carbons (Fsp3) is 0.273. The smallest absolute Gasteiger partial charge is 0.295 e. The van der Waals surface area contributed by atoms with Gasteiger partial charge in [-0.3, -0.25) is 9.59 Å². The Morgan fingerprint density at radius 2 is 1.72 bits per heavy atom. The number of hydrogen-bond donors (Lipinski definition) is 1. The van der Waals surface area contributed by atoms with Crippen molar-refractivity contribution in [3.8, 4) is 0 Å². The van der Waals surface area contributed by atoms with Crippen LogP contribution < -0.4 is 0 Å². The summed E-state index contributed by atoms with van der Waals surface area (Å²) in [6.07, 6.45) is 0. The van der Waals surface area contributed by atoms with Gasteiger partial charge in [-0.05, 0) is 38.7 Å². The minimum atomic E-state index is -0.744. The van der Waals surface area contributed by atoms with E-state index in [4.69, 9.17) is 23.2 Å². The quantitative estimate of drug-likeness (QED) is 0.434. The SMILES string of the molecule is Cc1ccc(C(O)=C2C(=O)C(=O)N(CCN(C)C)[C@H]2c2ccc(Cl)c(Cl)c2)cc1. The maximum absolute atomic E-state index is 12.9. The number of ketones is 1. The number of rotatable bonds is 5. The topological polar surface area (TPSA) is 60.9 Å². The molecule has 0 bridgehead atoms. The fourth-order valence-corrected chi connectivity index (χ4v) is 3.62. The van der Waals surface area contributed by atoms with E-state index >= 15 is 0 Å². The molecule has 3 rings (SSSR count). The molecule has 0 aromatic heterocycles. The van der Waals surface area contributed by atoms with Gasteiger partial charge < -0.3 is 14.9 Å². The first kappa shape index (κ1) is 21.4. The van der Waals surface area contributed by atoms with Crippen molar-refractivity contribution in [2.45, 2.75) is 13.0 Å². The third-order valence-electron chi connectivity index (χ3n) is 4.91. The highest BCUT2D eigenvalue weighted by atomic mass is 35.5. The van der Waals surface area contributed by atoms with Crippen molar-refractivity contribution >= 4 is 40.7 Å². The van der Waals surface area contributed by atoms with Crippen LogP contribution in [0.25, 0.3) is 5.76 Å². The zero-order valence-corrected chi connectivity index (χ0v) is 18.0. The Morgan fingerprint density at radius 1 is 1.07 bits per heavy atom. The molecule has 152 valence electrons. The third kappa shape index (κ3) is 4.32. The van der Waals surface area contributed by atoms with Gasteiger partial charge in [0.25, 0.3) is 11.7 Å². The predicted molar refractivity (Wildman–Crippen MR) is 115 cm³/mol. The van der Waals surface area contributed by atoms with E-state index in [-0.39, 0.29) is 11.3 Å². The minimum absolute atomic E-state index is 0.0519. The van der Waals surface area contributed by atoms with Crippen LogP contribution in [-0.4, -0.2) is 53.8 Å². The molecule has 0 spiro atoms. The van der Waals surface area contributed by atoms with E-state index in [0.717, 1.165) is 5.56 Å². The van der Waals surface area contributed by atoms with Gasteiger partial charge in [-0.2, -0.15) is 0 Å². The lowest BCUT2D eigenvalue weighted by Gasteiger charge is -2.26. The van der Waals surface area contributed by atoms with Crippen LogP contribution in [0.4, 0.5) is 0 Å². The van der Waals surface area contributed by atoms with E-state index in [1.165, 1.54) is 4.90 Å². The molecule has 1 amide bonds. The number of aliphatic hydroxyl groups is 1. The molecule has 1 aliphatic heterocycles. The number of benzene rings is 2. The number of likely N-dealkylation sites (tertiary alicyclic amines) is 1. The summed E-state index contributed by atoms with van der Waals surface area (Å²) in [5.74, 6) is -1.55. The van der Waals surface area contributed by atoms with E-state index in [1.807, 2.05) is 38.1 Å². The molecule has 1 heterocycles. The summed E-state index contributed by atoms with van der Waals surface area (Å²) < 4.78 is 0.